The summed E-state index contributed by atoms with van der Waals surface area (Å²) in [6, 6.07) is 2.07. The largest absolute Gasteiger partial charge is 0.353 e. The van der Waals surface area contributed by atoms with Crippen LogP contribution in [0, 0.1) is 0 Å². The summed E-state index contributed by atoms with van der Waals surface area (Å²) < 4.78 is 0. The van der Waals surface area contributed by atoms with Crippen LogP contribution in [0.3, 0.4) is 0 Å². The molecule has 1 saturated heterocycles. The maximum atomic E-state index is 5.24. The number of piperazine rings is 1. The summed E-state index contributed by atoms with van der Waals surface area (Å²) in [4.78, 5) is 25.5. The van der Waals surface area contributed by atoms with Gasteiger partial charge in [0.2, 0.25) is 0 Å². The summed E-state index contributed by atoms with van der Waals surface area (Å²) in [6.07, 6.45) is 16.6. The van der Waals surface area contributed by atoms with E-state index in [1.165, 1.54) is 35.1 Å². The van der Waals surface area contributed by atoms with Crippen molar-refractivity contribution in [3.63, 3.8) is 0 Å². The standard InChI is InChI=1S/C26H25N7/c1-2-7-20-17(6-1)22-18(8-9-29-25(22)30-20)24-31-21-15-28-14-19(16-4-3-5-16)23(21)26(32-24)33-12-10-27-11-13-33/h3-5,8-9,14-15,27H,1-2,6-7,10-13H2,(H,29,30). The molecule has 0 amide bonds. The van der Waals surface area contributed by atoms with Gasteiger partial charge < -0.3 is 15.2 Å². The fourth-order valence-electron chi connectivity index (χ4n) is 5.39. The van der Waals surface area contributed by atoms with Crippen molar-refractivity contribution in [3.05, 3.63) is 59.7 Å². The van der Waals surface area contributed by atoms with E-state index >= 15 is 0 Å². The van der Waals surface area contributed by atoms with Gasteiger partial charge >= 0.3 is 0 Å². The number of nitrogens with zero attached hydrogens (tertiary/aromatic N) is 5. The van der Waals surface area contributed by atoms with Crippen molar-refractivity contribution < 1.29 is 0 Å². The average molecular weight is 436 g/mol. The normalized spacial score (nSPS) is 17.8. The minimum Gasteiger partial charge on any atom is -0.353 e. The van der Waals surface area contributed by atoms with E-state index in [1.54, 1.807) is 0 Å². The van der Waals surface area contributed by atoms with E-state index in [-0.39, 0.29) is 0 Å². The third-order valence-corrected chi connectivity index (χ3v) is 7.10. The Morgan fingerprint density at radius 2 is 1.82 bits per heavy atom. The number of anilines is 1. The first-order valence-corrected chi connectivity index (χ1v) is 11.9. The Hall–Kier alpha value is -3.58. The van der Waals surface area contributed by atoms with E-state index < -0.39 is 0 Å². The highest BCUT2D eigenvalue weighted by molar-refractivity contribution is 6.03. The van der Waals surface area contributed by atoms with Crippen molar-refractivity contribution in [2.75, 3.05) is 31.1 Å². The van der Waals surface area contributed by atoms with Crippen molar-refractivity contribution in [1.29, 1.82) is 0 Å². The lowest BCUT2D eigenvalue weighted by atomic mass is 9.94. The lowest BCUT2D eigenvalue weighted by molar-refractivity contribution is 0.586. The smallest absolute Gasteiger partial charge is 0.163 e. The predicted octanol–water partition coefficient (Wildman–Crippen LogP) is 3.81. The van der Waals surface area contributed by atoms with E-state index in [9.17, 15) is 0 Å². The number of rotatable bonds is 3. The van der Waals surface area contributed by atoms with Crippen LogP contribution in [0.4, 0.5) is 5.82 Å². The molecular weight excluding hydrogens is 410 g/mol. The van der Waals surface area contributed by atoms with Crippen LogP contribution in [-0.2, 0) is 12.8 Å². The number of hydrogen-bond acceptors (Lipinski definition) is 6. The molecule has 0 radical (unpaired) electrons. The highest BCUT2D eigenvalue weighted by atomic mass is 15.2. The number of hydrogen-bond donors (Lipinski definition) is 2. The molecule has 0 atom stereocenters. The first-order chi connectivity index (χ1) is 16.4. The Morgan fingerprint density at radius 3 is 2.67 bits per heavy atom. The number of nitrogens with one attached hydrogen (secondary N) is 2. The SMILES string of the molecule is C1=CC(c2cncc3nc(-c4ccnc5[nH]c6c(c45)CCCC6)nc(N4CCNCC4)c23)=C1. The molecule has 1 aliphatic heterocycles. The molecule has 164 valence electrons. The molecule has 3 aliphatic rings. The van der Waals surface area contributed by atoms with E-state index in [0.717, 1.165) is 78.3 Å². The third-order valence-electron chi connectivity index (χ3n) is 7.10. The molecular formula is C26H25N7. The second-order valence-corrected chi connectivity index (χ2v) is 9.04. The van der Waals surface area contributed by atoms with Gasteiger partial charge in [-0.15, -0.1) is 0 Å². The summed E-state index contributed by atoms with van der Waals surface area (Å²) in [5, 5.41) is 5.74. The Morgan fingerprint density at radius 1 is 0.939 bits per heavy atom. The number of fused-ring (bicyclic) bond motifs is 4. The number of H-pyrrole nitrogens is 1. The van der Waals surface area contributed by atoms with Crippen LogP contribution in [0.2, 0.25) is 0 Å². The summed E-state index contributed by atoms with van der Waals surface area (Å²) in [7, 11) is 0. The molecule has 4 aromatic heterocycles. The number of aromatic nitrogens is 5. The van der Waals surface area contributed by atoms with Crippen molar-refractivity contribution in [2.45, 2.75) is 25.7 Å². The Bertz CT molecular complexity index is 1460. The fraction of sp³-hybridized carbons (Fsp3) is 0.308. The monoisotopic (exact) mass is 435 g/mol. The van der Waals surface area contributed by atoms with Gasteiger partial charge in [-0.05, 0) is 42.9 Å². The summed E-state index contributed by atoms with van der Waals surface area (Å²) in [5.74, 6) is 1.76. The van der Waals surface area contributed by atoms with Crippen molar-refractivity contribution in [2.24, 2.45) is 0 Å². The van der Waals surface area contributed by atoms with E-state index in [0.29, 0.717) is 0 Å². The molecule has 7 nitrogen and oxygen atoms in total. The van der Waals surface area contributed by atoms with Crippen LogP contribution >= 0.6 is 0 Å². The summed E-state index contributed by atoms with van der Waals surface area (Å²) in [6.45, 7) is 3.75. The lowest BCUT2D eigenvalue weighted by Crippen LogP contribution is -2.44. The molecule has 7 heteroatoms. The van der Waals surface area contributed by atoms with Gasteiger partial charge in [-0.2, -0.15) is 0 Å². The molecule has 0 bridgehead atoms. The molecule has 33 heavy (non-hydrogen) atoms. The second-order valence-electron chi connectivity index (χ2n) is 9.04. The molecule has 0 unspecified atom stereocenters. The number of allylic oxidation sites excluding steroid dienone is 4. The highest BCUT2D eigenvalue weighted by Gasteiger charge is 2.24. The summed E-state index contributed by atoms with van der Waals surface area (Å²) >= 11 is 0. The van der Waals surface area contributed by atoms with Crippen LogP contribution in [0.1, 0.15) is 29.7 Å². The van der Waals surface area contributed by atoms with Gasteiger partial charge in [-0.25, -0.2) is 15.0 Å². The van der Waals surface area contributed by atoms with Crippen LogP contribution < -0.4 is 10.2 Å². The molecule has 0 spiro atoms. The fourth-order valence-corrected chi connectivity index (χ4v) is 5.39. The lowest BCUT2D eigenvalue weighted by Gasteiger charge is -2.30. The molecule has 1 fully saturated rings. The first kappa shape index (κ1) is 18.9. The number of aromatic amines is 1. The molecule has 4 aromatic rings. The number of pyridine rings is 2. The van der Waals surface area contributed by atoms with Crippen LogP contribution in [0.15, 0.2) is 42.9 Å². The molecule has 0 aromatic carbocycles. The maximum absolute atomic E-state index is 5.24. The average Bonchev–Trinajstić information content (AvgIpc) is 3.22. The van der Waals surface area contributed by atoms with Crippen LogP contribution in [0.5, 0.6) is 0 Å². The van der Waals surface area contributed by atoms with Crippen molar-refractivity contribution >= 4 is 33.3 Å². The zero-order valence-corrected chi connectivity index (χ0v) is 18.4. The van der Waals surface area contributed by atoms with Crippen LogP contribution in [-0.4, -0.2) is 51.1 Å². The van der Waals surface area contributed by atoms with Gasteiger partial charge in [0.25, 0.3) is 0 Å². The highest BCUT2D eigenvalue weighted by Crippen LogP contribution is 2.38. The van der Waals surface area contributed by atoms with Gasteiger partial charge in [0.1, 0.15) is 11.5 Å². The quantitative estimate of drug-likeness (QED) is 0.509. The molecule has 0 saturated carbocycles. The summed E-state index contributed by atoms with van der Waals surface area (Å²) in [5.41, 5.74) is 7.91. The Kier molecular flexibility index (Phi) is 4.30. The van der Waals surface area contributed by atoms with E-state index in [4.69, 9.17) is 9.97 Å². The van der Waals surface area contributed by atoms with Crippen molar-refractivity contribution in [1.82, 2.24) is 30.2 Å². The van der Waals surface area contributed by atoms with E-state index in [2.05, 4.69) is 49.5 Å². The van der Waals surface area contributed by atoms with Crippen LogP contribution in [0.25, 0.3) is 38.9 Å². The maximum Gasteiger partial charge on any atom is 0.163 e. The zero-order valence-electron chi connectivity index (χ0n) is 18.4. The Balaban J connectivity index is 1.49. The van der Waals surface area contributed by atoms with Gasteiger partial charge in [-0.3, -0.25) is 4.98 Å². The topological polar surface area (TPSA) is 82.6 Å². The van der Waals surface area contributed by atoms with Gasteiger partial charge in [-0.1, -0.05) is 18.2 Å². The zero-order chi connectivity index (χ0) is 21.8. The van der Waals surface area contributed by atoms with Gasteiger partial charge in [0.05, 0.1) is 17.1 Å². The van der Waals surface area contributed by atoms with Crippen molar-refractivity contribution in [3.8, 4) is 11.4 Å². The number of aryl methyl sites for hydroxylation is 2. The third kappa shape index (κ3) is 2.99. The molecule has 2 aliphatic carbocycles. The second kappa shape index (κ2) is 7.49. The van der Waals surface area contributed by atoms with Gasteiger partial charge in [0.15, 0.2) is 5.82 Å². The van der Waals surface area contributed by atoms with Gasteiger partial charge in [0, 0.05) is 60.8 Å². The molecule has 7 rings (SSSR count). The predicted molar refractivity (Wildman–Crippen MR) is 131 cm³/mol. The Labute approximate surface area is 191 Å². The molecule has 2 N–H and O–H groups in total. The first-order valence-electron chi connectivity index (χ1n) is 11.9. The minimum atomic E-state index is 0.757. The molecule has 5 heterocycles. The minimum absolute atomic E-state index is 0.757. The van der Waals surface area contributed by atoms with E-state index in [1.807, 2.05) is 18.6 Å².